The third kappa shape index (κ3) is 4.00. The van der Waals surface area contributed by atoms with Gasteiger partial charge in [-0.1, -0.05) is 0 Å². The number of nitro groups is 1. The summed E-state index contributed by atoms with van der Waals surface area (Å²) in [4.78, 5) is 25.2. The third-order valence-corrected chi connectivity index (χ3v) is 1.96. The molecule has 0 fully saturated rings. The first kappa shape index (κ1) is 13.9. The van der Waals surface area contributed by atoms with Gasteiger partial charge in [-0.25, -0.2) is 0 Å². The fourth-order valence-electron chi connectivity index (χ4n) is 1.28. The van der Waals surface area contributed by atoms with E-state index in [1.807, 2.05) is 13.8 Å². The summed E-state index contributed by atoms with van der Waals surface area (Å²) in [5.74, 6) is -0.725. The molecule has 7 nitrogen and oxygen atoms in total. The lowest BCUT2D eigenvalue weighted by molar-refractivity contribution is -0.390. The van der Waals surface area contributed by atoms with Crippen molar-refractivity contribution in [3.8, 4) is 5.75 Å². The molecule has 0 aliphatic carbocycles. The van der Waals surface area contributed by atoms with Crippen molar-refractivity contribution in [2.45, 2.75) is 26.8 Å². The van der Waals surface area contributed by atoms with Gasteiger partial charge in [0, 0.05) is 13.0 Å². The lowest BCUT2D eigenvalue weighted by atomic mass is 10.3. The number of ether oxygens (including phenoxy) is 1. The molecule has 0 aliphatic rings. The molecular weight excluding hydrogens is 238 g/mol. The summed E-state index contributed by atoms with van der Waals surface area (Å²) in [6, 6.07) is 3.01. The Balaban J connectivity index is 2.73. The molecule has 0 atom stereocenters. The first-order chi connectivity index (χ1) is 8.40. The van der Waals surface area contributed by atoms with E-state index in [2.05, 4.69) is 10.3 Å². The van der Waals surface area contributed by atoms with Gasteiger partial charge in [0.05, 0.1) is 0 Å². The molecule has 1 heterocycles. The Kier molecular flexibility index (Phi) is 4.59. The second-order valence-corrected chi connectivity index (χ2v) is 4.04. The van der Waals surface area contributed by atoms with Crippen molar-refractivity contribution in [1.82, 2.24) is 10.3 Å². The molecule has 18 heavy (non-hydrogen) atoms. The van der Waals surface area contributed by atoms with Gasteiger partial charge in [0.25, 0.3) is 5.91 Å². The first-order valence-corrected chi connectivity index (χ1v) is 5.44. The molecule has 0 bridgehead atoms. The lowest BCUT2D eigenvalue weighted by Crippen LogP contribution is -2.34. The maximum absolute atomic E-state index is 11.3. The number of pyridine rings is 1. The van der Waals surface area contributed by atoms with E-state index in [-0.39, 0.29) is 30.1 Å². The number of aromatic nitrogens is 1. The van der Waals surface area contributed by atoms with Crippen LogP contribution in [-0.2, 0) is 4.79 Å². The highest BCUT2D eigenvalue weighted by Gasteiger charge is 2.18. The van der Waals surface area contributed by atoms with Gasteiger partial charge in [-0.05, 0) is 35.9 Å². The zero-order valence-corrected chi connectivity index (χ0v) is 10.5. The van der Waals surface area contributed by atoms with Crippen molar-refractivity contribution in [1.29, 1.82) is 0 Å². The topological polar surface area (TPSA) is 94.4 Å². The molecule has 98 valence electrons. The molecule has 1 aromatic heterocycles. The standard InChI is InChI=1S/C11H15N3O4/c1-7(2)12-10(15)6-18-9-5-4-8(3)13-11(9)14(16)17/h4-5,7H,6H2,1-3H3,(H,12,15). The molecule has 1 rings (SSSR count). The van der Waals surface area contributed by atoms with E-state index >= 15 is 0 Å². The minimum absolute atomic E-state index is 0.00720. The van der Waals surface area contributed by atoms with Crippen molar-refractivity contribution in [2.24, 2.45) is 0 Å². The maximum Gasteiger partial charge on any atom is 0.406 e. The van der Waals surface area contributed by atoms with Crippen molar-refractivity contribution in [3.63, 3.8) is 0 Å². The van der Waals surface area contributed by atoms with Crippen molar-refractivity contribution < 1.29 is 14.5 Å². The summed E-state index contributed by atoms with van der Waals surface area (Å²) in [7, 11) is 0. The molecule has 0 aliphatic heterocycles. The average molecular weight is 253 g/mol. The Morgan fingerprint density at radius 2 is 2.22 bits per heavy atom. The lowest BCUT2D eigenvalue weighted by Gasteiger charge is -2.09. The van der Waals surface area contributed by atoms with E-state index in [1.165, 1.54) is 6.07 Å². The van der Waals surface area contributed by atoms with Crippen LogP contribution in [0, 0.1) is 17.0 Å². The highest BCUT2D eigenvalue weighted by molar-refractivity contribution is 5.77. The summed E-state index contributed by atoms with van der Waals surface area (Å²) in [5.41, 5.74) is 0.515. The van der Waals surface area contributed by atoms with Gasteiger partial charge in [-0.2, -0.15) is 0 Å². The predicted molar refractivity (Wildman–Crippen MR) is 64.4 cm³/mol. The maximum atomic E-state index is 11.3. The van der Waals surface area contributed by atoms with Gasteiger partial charge in [0.15, 0.2) is 6.61 Å². The second-order valence-electron chi connectivity index (χ2n) is 4.04. The monoisotopic (exact) mass is 253 g/mol. The third-order valence-electron chi connectivity index (χ3n) is 1.96. The fraction of sp³-hybridized carbons (Fsp3) is 0.455. The SMILES string of the molecule is Cc1ccc(OCC(=O)NC(C)C)c([N+](=O)[O-])n1. The molecule has 0 saturated heterocycles. The number of amides is 1. The van der Waals surface area contributed by atoms with Crippen LogP contribution in [-0.4, -0.2) is 28.5 Å². The summed E-state index contributed by atoms with van der Waals surface area (Å²) in [5, 5.41) is 13.4. The number of carbonyl (C=O) groups excluding carboxylic acids is 1. The van der Waals surface area contributed by atoms with Gasteiger partial charge in [0.2, 0.25) is 5.75 Å². The molecule has 7 heteroatoms. The van der Waals surface area contributed by atoms with Gasteiger partial charge < -0.3 is 20.2 Å². The van der Waals surface area contributed by atoms with E-state index < -0.39 is 4.92 Å². The Labute approximate surface area is 104 Å². The zero-order valence-electron chi connectivity index (χ0n) is 10.5. The van der Waals surface area contributed by atoms with Gasteiger partial charge in [0.1, 0.15) is 5.69 Å². The average Bonchev–Trinajstić information content (AvgIpc) is 2.26. The highest BCUT2D eigenvalue weighted by atomic mass is 16.6. The van der Waals surface area contributed by atoms with Gasteiger partial charge in [-0.15, -0.1) is 0 Å². The normalized spacial score (nSPS) is 10.2. The summed E-state index contributed by atoms with van der Waals surface area (Å²) < 4.78 is 5.10. The molecule has 0 radical (unpaired) electrons. The van der Waals surface area contributed by atoms with Crippen LogP contribution in [0.2, 0.25) is 0 Å². The van der Waals surface area contributed by atoms with Crippen LogP contribution in [0.1, 0.15) is 19.5 Å². The quantitative estimate of drug-likeness (QED) is 0.628. The minimum atomic E-state index is -0.636. The van der Waals surface area contributed by atoms with Crippen LogP contribution in [0.5, 0.6) is 5.75 Å². The van der Waals surface area contributed by atoms with E-state index in [0.717, 1.165) is 0 Å². The van der Waals surface area contributed by atoms with Crippen molar-refractivity contribution in [3.05, 3.63) is 27.9 Å². The molecular formula is C11H15N3O4. The number of nitrogens with one attached hydrogen (secondary N) is 1. The van der Waals surface area contributed by atoms with Crippen LogP contribution in [0.3, 0.4) is 0 Å². The molecule has 0 saturated carbocycles. The molecule has 1 N–H and O–H groups in total. The molecule has 0 spiro atoms. The van der Waals surface area contributed by atoms with Gasteiger partial charge >= 0.3 is 5.82 Å². The summed E-state index contributed by atoms with van der Waals surface area (Å²) in [6.45, 7) is 4.99. The summed E-state index contributed by atoms with van der Waals surface area (Å²) >= 11 is 0. The molecule has 0 aromatic carbocycles. The van der Waals surface area contributed by atoms with Crippen molar-refractivity contribution in [2.75, 3.05) is 6.61 Å². The summed E-state index contributed by atoms with van der Waals surface area (Å²) in [6.07, 6.45) is 0. The number of rotatable bonds is 5. The van der Waals surface area contributed by atoms with Crippen LogP contribution in [0.25, 0.3) is 0 Å². The van der Waals surface area contributed by atoms with E-state index in [9.17, 15) is 14.9 Å². The molecule has 1 amide bonds. The van der Waals surface area contributed by atoms with E-state index in [4.69, 9.17) is 4.74 Å². The number of nitrogens with zero attached hydrogens (tertiary/aromatic N) is 2. The number of carbonyl (C=O) groups is 1. The van der Waals surface area contributed by atoms with Gasteiger partial charge in [-0.3, -0.25) is 4.79 Å². The highest BCUT2D eigenvalue weighted by Crippen LogP contribution is 2.24. The molecule has 1 aromatic rings. The Hall–Kier alpha value is -2.18. The van der Waals surface area contributed by atoms with Crippen LogP contribution in [0.15, 0.2) is 12.1 Å². The number of hydrogen-bond donors (Lipinski definition) is 1. The van der Waals surface area contributed by atoms with Crippen molar-refractivity contribution >= 4 is 11.7 Å². The predicted octanol–water partition coefficient (Wildman–Crippen LogP) is 1.20. The number of hydrogen-bond acceptors (Lipinski definition) is 5. The second kappa shape index (κ2) is 5.95. The van der Waals surface area contributed by atoms with Crippen LogP contribution >= 0.6 is 0 Å². The smallest absolute Gasteiger partial charge is 0.406 e. The Morgan fingerprint density at radius 1 is 1.56 bits per heavy atom. The Bertz CT molecular complexity index is 460. The molecule has 0 unspecified atom stereocenters. The van der Waals surface area contributed by atoms with E-state index in [1.54, 1.807) is 13.0 Å². The van der Waals surface area contributed by atoms with Crippen LogP contribution in [0.4, 0.5) is 5.82 Å². The first-order valence-electron chi connectivity index (χ1n) is 5.44. The Morgan fingerprint density at radius 3 is 2.78 bits per heavy atom. The van der Waals surface area contributed by atoms with E-state index in [0.29, 0.717) is 5.69 Å². The minimum Gasteiger partial charge on any atom is -0.476 e. The number of aryl methyl sites for hydroxylation is 1. The van der Waals surface area contributed by atoms with Crippen LogP contribution < -0.4 is 10.1 Å². The zero-order chi connectivity index (χ0) is 13.7. The largest absolute Gasteiger partial charge is 0.476 e. The fourth-order valence-corrected chi connectivity index (χ4v) is 1.28.